The summed E-state index contributed by atoms with van der Waals surface area (Å²) in [5.74, 6) is -1.55. The normalized spacial score (nSPS) is 10.1. The minimum atomic E-state index is -1.29. The first kappa shape index (κ1) is 12.6. The third-order valence-corrected chi connectivity index (χ3v) is 2.38. The summed E-state index contributed by atoms with van der Waals surface area (Å²) in [5.41, 5.74) is 0.00980. The third kappa shape index (κ3) is 2.71. The molecule has 0 aliphatic rings. The summed E-state index contributed by atoms with van der Waals surface area (Å²) in [6.45, 7) is -0.0123. The molecule has 0 spiro atoms. The van der Waals surface area contributed by atoms with Crippen molar-refractivity contribution in [3.05, 3.63) is 58.0 Å². The Hall–Kier alpha value is -2.83. The van der Waals surface area contributed by atoms with Crippen molar-refractivity contribution >= 4 is 11.7 Å². The number of rotatable bonds is 5. The number of para-hydroxylation sites is 1. The van der Waals surface area contributed by atoms with Crippen LogP contribution in [0.25, 0.3) is 0 Å². The van der Waals surface area contributed by atoms with Crippen molar-refractivity contribution in [3.8, 4) is 5.75 Å². The maximum absolute atomic E-state index is 11.0. The number of nitro groups is 1. The number of carboxylic acids is 1. The summed E-state index contributed by atoms with van der Waals surface area (Å²) in [6.07, 6.45) is 2.84. The van der Waals surface area contributed by atoms with Gasteiger partial charge in [0.25, 0.3) is 0 Å². The summed E-state index contributed by atoms with van der Waals surface area (Å²) in [6, 6.07) is 5.36. The zero-order valence-corrected chi connectivity index (χ0v) is 9.61. The highest BCUT2D eigenvalue weighted by molar-refractivity contribution is 5.92. The van der Waals surface area contributed by atoms with Crippen molar-refractivity contribution in [2.75, 3.05) is 0 Å². The molecule has 7 heteroatoms. The summed E-state index contributed by atoms with van der Waals surface area (Å²) in [4.78, 5) is 21.2. The van der Waals surface area contributed by atoms with E-state index in [1.54, 1.807) is 6.07 Å². The van der Waals surface area contributed by atoms with E-state index in [1.165, 1.54) is 30.7 Å². The molecule has 0 aliphatic heterocycles. The number of carbonyl (C=O) groups is 1. The highest BCUT2D eigenvalue weighted by Gasteiger charge is 2.23. The lowest BCUT2D eigenvalue weighted by Gasteiger charge is -2.08. The van der Waals surface area contributed by atoms with Gasteiger partial charge in [0, 0.05) is 11.6 Å². The van der Waals surface area contributed by atoms with Crippen LogP contribution >= 0.6 is 0 Å². The Morgan fingerprint density at radius 1 is 1.42 bits per heavy atom. The Balaban J connectivity index is 2.35. The monoisotopic (exact) mass is 263 g/mol. The van der Waals surface area contributed by atoms with E-state index in [0.29, 0.717) is 5.56 Å². The smallest absolute Gasteiger partial charge is 0.339 e. The SMILES string of the molecule is O=C(O)c1cccc([N+](=O)[O-])c1OCc1ccoc1. The van der Waals surface area contributed by atoms with Gasteiger partial charge < -0.3 is 14.3 Å². The maximum Gasteiger partial charge on any atom is 0.339 e. The Morgan fingerprint density at radius 2 is 2.21 bits per heavy atom. The van der Waals surface area contributed by atoms with Gasteiger partial charge in [0.2, 0.25) is 5.75 Å². The molecule has 0 radical (unpaired) electrons. The van der Waals surface area contributed by atoms with Crippen molar-refractivity contribution in [2.24, 2.45) is 0 Å². The fourth-order valence-electron chi connectivity index (χ4n) is 1.52. The number of aromatic carboxylic acids is 1. The molecule has 7 nitrogen and oxygen atoms in total. The molecule has 0 unspecified atom stereocenters. The molecule has 19 heavy (non-hydrogen) atoms. The molecule has 0 bridgehead atoms. The van der Waals surface area contributed by atoms with Gasteiger partial charge >= 0.3 is 11.7 Å². The van der Waals surface area contributed by atoms with E-state index >= 15 is 0 Å². The van der Waals surface area contributed by atoms with Crippen molar-refractivity contribution in [3.63, 3.8) is 0 Å². The van der Waals surface area contributed by atoms with Crippen LogP contribution in [-0.4, -0.2) is 16.0 Å². The van der Waals surface area contributed by atoms with Gasteiger partial charge in [0.15, 0.2) is 0 Å². The molecule has 0 saturated heterocycles. The highest BCUT2D eigenvalue weighted by atomic mass is 16.6. The minimum Gasteiger partial charge on any atom is -0.481 e. The molecule has 1 aromatic carbocycles. The lowest BCUT2D eigenvalue weighted by Crippen LogP contribution is -2.05. The second kappa shape index (κ2) is 5.21. The van der Waals surface area contributed by atoms with Crippen molar-refractivity contribution in [2.45, 2.75) is 6.61 Å². The molecule has 2 aromatic rings. The van der Waals surface area contributed by atoms with Crippen LogP contribution in [0, 0.1) is 10.1 Å². The van der Waals surface area contributed by atoms with E-state index < -0.39 is 10.9 Å². The van der Waals surface area contributed by atoms with Gasteiger partial charge in [-0.3, -0.25) is 10.1 Å². The van der Waals surface area contributed by atoms with E-state index in [1.807, 2.05) is 0 Å². The molecule has 1 N–H and O–H groups in total. The summed E-state index contributed by atoms with van der Waals surface area (Å²) in [5, 5.41) is 19.9. The van der Waals surface area contributed by atoms with Crippen molar-refractivity contribution in [1.82, 2.24) is 0 Å². The number of carboxylic acid groups (broad SMARTS) is 1. The molecular formula is C12H9NO6. The first-order valence-electron chi connectivity index (χ1n) is 5.24. The Labute approximate surface area is 107 Å². The molecule has 0 aliphatic carbocycles. The minimum absolute atomic E-state index is 0.0123. The Morgan fingerprint density at radius 3 is 2.79 bits per heavy atom. The van der Waals surface area contributed by atoms with E-state index in [9.17, 15) is 14.9 Å². The number of nitro benzene ring substituents is 1. The molecule has 0 fully saturated rings. The van der Waals surface area contributed by atoms with Crippen LogP contribution in [0.15, 0.2) is 41.2 Å². The summed E-state index contributed by atoms with van der Waals surface area (Å²) in [7, 11) is 0. The summed E-state index contributed by atoms with van der Waals surface area (Å²) >= 11 is 0. The molecule has 0 saturated carbocycles. The highest BCUT2D eigenvalue weighted by Crippen LogP contribution is 2.31. The number of hydrogen-bond donors (Lipinski definition) is 1. The van der Waals surface area contributed by atoms with Gasteiger partial charge in [0.1, 0.15) is 12.2 Å². The number of hydrogen-bond acceptors (Lipinski definition) is 5. The predicted molar refractivity (Wildman–Crippen MR) is 63.1 cm³/mol. The number of ether oxygens (including phenoxy) is 1. The number of benzene rings is 1. The van der Waals surface area contributed by atoms with Gasteiger partial charge in [-0.15, -0.1) is 0 Å². The van der Waals surface area contributed by atoms with Crippen LogP contribution in [0.5, 0.6) is 5.75 Å². The van der Waals surface area contributed by atoms with Crippen LogP contribution < -0.4 is 4.74 Å². The molecule has 1 heterocycles. The summed E-state index contributed by atoms with van der Waals surface area (Å²) < 4.78 is 10.1. The zero-order valence-electron chi connectivity index (χ0n) is 9.61. The van der Waals surface area contributed by atoms with Crippen molar-refractivity contribution < 1.29 is 24.0 Å². The standard InChI is InChI=1S/C12H9NO6/c14-12(15)9-2-1-3-10(13(16)17)11(9)19-7-8-4-5-18-6-8/h1-6H,7H2,(H,14,15). The number of nitrogens with zero attached hydrogens (tertiary/aromatic N) is 1. The average Bonchev–Trinajstić information content (AvgIpc) is 2.88. The van der Waals surface area contributed by atoms with Crippen LogP contribution in [0.4, 0.5) is 5.69 Å². The van der Waals surface area contributed by atoms with Gasteiger partial charge in [-0.25, -0.2) is 4.79 Å². The van der Waals surface area contributed by atoms with Gasteiger partial charge in [0.05, 0.1) is 17.4 Å². The van der Waals surface area contributed by atoms with Crippen LogP contribution in [0.2, 0.25) is 0 Å². The Bertz CT molecular complexity index is 572. The van der Waals surface area contributed by atoms with Gasteiger partial charge in [-0.05, 0) is 12.1 Å². The van der Waals surface area contributed by atoms with E-state index in [0.717, 1.165) is 0 Å². The van der Waals surface area contributed by atoms with Gasteiger partial charge in [-0.1, -0.05) is 6.07 Å². The molecule has 98 valence electrons. The third-order valence-electron chi connectivity index (χ3n) is 2.38. The van der Waals surface area contributed by atoms with E-state index in [2.05, 4.69) is 0 Å². The predicted octanol–water partition coefficient (Wildman–Crippen LogP) is 2.47. The second-order valence-electron chi connectivity index (χ2n) is 3.64. The van der Waals surface area contributed by atoms with Crippen LogP contribution in [0.1, 0.15) is 15.9 Å². The molecule has 0 atom stereocenters. The van der Waals surface area contributed by atoms with Gasteiger partial charge in [-0.2, -0.15) is 0 Å². The topological polar surface area (TPSA) is 103 Å². The first-order valence-corrected chi connectivity index (χ1v) is 5.24. The lowest BCUT2D eigenvalue weighted by atomic mass is 10.1. The van der Waals surface area contributed by atoms with Crippen LogP contribution in [-0.2, 0) is 6.61 Å². The Kier molecular flexibility index (Phi) is 3.46. The largest absolute Gasteiger partial charge is 0.481 e. The molecule has 1 aromatic heterocycles. The molecule has 2 rings (SSSR count). The van der Waals surface area contributed by atoms with Crippen molar-refractivity contribution in [1.29, 1.82) is 0 Å². The quantitative estimate of drug-likeness (QED) is 0.656. The lowest BCUT2D eigenvalue weighted by molar-refractivity contribution is -0.386. The van der Waals surface area contributed by atoms with E-state index in [-0.39, 0.29) is 23.6 Å². The molecular weight excluding hydrogens is 254 g/mol. The average molecular weight is 263 g/mol. The molecule has 0 amide bonds. The number of furan rings is 1. The maximum atomic E-state index is 11.0. The fraction of sp³-hybridized carbons (Fsp3) is 0.0833. The van der Waals surface area contributed by atoms with Crippen LogP contribution in [0.3, 0.4) is 0 Å². The first-order chi connectivity index (χ1) is 9.09. The zero-order chi connectivity index (χ0) is 13.8. The van der Waals surface area contributed by atoms with E-state index in [4.69, 9.17) is 14.3 Å². The second-order valence-corrected chi connectivity index (χ2v) is 3.64. The fourth-order valence-corrected chi connectivity index (χ4v) is 1.52.